The number of amides is 1. The summed E-state index contributed by atoms with van der Waals surface area (Å²) in [4.78, 5) is 13.4. The Labute approximate surface area is 173 Å². The van der Waals surface area contributed by atoms with Crippen molar-refractivity contribution < 1.29 is 30.9 Å². The van der Waals surface area contributed by atoms with Gasteiger partial charge in [-0.1, -0.05) is 6.07 Å². The van der Waals surface area contributed by atoms with Crippen LogP contribution in [0.4, 0.5) is 4.39 Å². The lowest BCUT2D eigenvalue weighted by Crippen LogP contribution is -2.27. The smallest absolute Gasteiger partial charge is 0.339 e. The van der Waals surface area contributed by atoms with Crippen LogP contribution in [0.3, 0.4) is 0 Å². The highest BCUT2D eigenvalue weighted by Crippen LogP contribution is 2.31. The van der Waals surface area contributed by atoms with Crippen LogP contribution < -0.4 is 8.92 Å². The van der Waals surface area contributed by atoms with Crippen LogP contribution in [-0.4, -0.2) is 26.3 Å². The van der Waals surface area contributed by atoms with Gasteiger partial charge in [-0.05, 0) is 54.1 Å². The van der Waals surface area contributed by atoms with E-state index in [1.165, 1.54) is 26.4 Å². The lowest BCUT2D eigenvalue weighted by atomic mass is 10.2. The largest absolute Gasteiger partial charge is 0.493 e. The number of benzene rings is 2. The third-order valence-electron chi connectivity index (χ3n) is 4.28. The van der Waals surface area contributed by atoms with Crippen LogP contribution in [0.2, 0.25) is 0 Å². The number of carbonyl (C=O) groups is 1. The Bertz CT molecular complexity index is 1110. The molecule has 1 amide bonds. The van der Waals surface area contributed by atoms with Gasteiger partial charge >= 0.3 is 10.1 Å². The molecule has 2 aromatic carbocycles. The van der Waals surface area contributed by atoms with Crippen molar-refractivity contribution in [3.8, 4) is 11.5 Å². The molecule has 3 aromatic rings. The van der Waals surface area contributed by atoms with E-state index in [9.17, 15) is 17.6 Å². The summed E-state index contributed by atoms with van der Waals surface area (Å²) in [6.07, 6.45) is 1.52. The molecule has 0 saturated heterocycles. The highest BCUT2D eigenvalue weighted by atomic mass is 32.2. The van der Waals surface area contributed by atoms with Crippen molar-refractivity contribution in [3.05, 3.63) is 78.0 Å². The molecule has 9 heteroatoms. The number of hydrogen-bond donors (Lipinski definition) is 0. The van der Waals surface area contributed by atoms with E-state index >= 15 is 0 Å². The van der Waals surface area contributed by atoms with Gasteiger partial charge in [-0.3, -0.25) is 4.79 Å². The highest BCUT2D eigenvalue weighted by Gasteiger charge is 2.20. The minimum absolute atomic E-state index is 0.0409. The summed E-state index contributed by atoms with van der Waals surface area (Å²) in [6.45, 7) is 1.90. The minimum atomic E-state index is -4.21. The number of hydrogen-bond acceptors (Lipinski definition) is 6. The number of ether oxygens (including phenoxy) is 1. The molecular weight excluding hydrogens is 413 g/mol. The quantitative estimate of drug-likeness (QED) is 0.503. The molecule has 0 unspecified atom stereocenters. The lowest BCUT2D eigenvalue weighted by Gasteiger charge is -2.21. The first-order valence-electron chi connectivity index (χ1n) is 8.93. The van der Waals surface area contributed by atoms with Crippen LogP contribution >= 0.6 is 0 Å². The average Bonchev–Trinajstić information content (AvgIpc) is 3.21. The van der Waals surface area contributed by atoms with Gasteiger partial charge in [0, 0.05) is 13.5 Å². The van der Waals surface area contributed by atoms with E-state index in [4.69, 9.17) is 13.3 Å². The number of carbonyl (C=O) groups excluding carboxylic acids is 1. The summed E-state index contributed by atoms with van der Waals surface area (Å²) in [5.74, 6) is 0.0396. The van der Waals surface area contributed by atoms with Crippen LogP contribution in [0.15, 0.2) is 70.2 Å². The van der Waals surface area contributed by atoms with Gasteiger partial charge in [0.1, 0.15) is 16.5 Å². The number of methoxy groups -OCH3 is 1. The second kappa shape index (κ2) is 9.00. The fourth-order valence-corrected chi connectivity index (χ4v) is 3.67. The van der Waals surface area contributed by atoms with Crippen molar-refractivity contribution >= 4 is 16.0 Å². The summed E-state index contributed by atoms with van der Waals surface area (Å²) < 4.78 is 53.9. The van der Waals surface area contributed by atoms with E-state index in [0.29, 0.717) is 11.3 Å². The van der Waals surface area contributed by atoms with Gasteiger partial charge in [0.05, 0.1) is 19.9 Å². The SMILES string of the molecule is COc1ccc(CN(Cc2ccco2)C(C)=O)cc1OS(=O)(=O)c1ccc(F)cc1. The summed E-state index contributed by atoms with van der Waals surface area (Å²) in [6, 6.07) is 12.5. The summed E-state index contributed by atoms with van der Waals surface area (Å²) in [5.41, 5.74) is 0.627. The molecule has 0 N–H and O–H groups in total. The normalized spacial score (nSPS) is 11.2. The number of halogens is 1. The van der Waals surface area contributed by atoms with Gasteiger partial charge in [-0.15, -0.1) is 0 Å². The predicted octanol–water partition coefficient (Wildman–Crippen LogP) is 3.74. The summed E-state index contributed by atoms with van der Waals surface area (Å²) in [7, 11) is -2.83. The molecule has 0 saturated carbocycles. The molecule has 3 rings (SSSR count). The van der Waals surface area contributed by atoms with Crippen LogP contribution in [0.25, 0.3) is 0 Å². The third kappa shape index (κ3) is 5.18. The van der Waals surface area contributed by atoms with E-state index in [2.05, 4.69) is 0 Å². The van der Waals surface area contributed by atoms with Gasteiger partial charge < -0.3 is 18.2 Å². The molecule has 0 fully saturated rings. The molecule has 158 valence electrons. The fraction of sp³-hybridized carbons (Fsp3) is 0.190. The maximum absolute atomic E-state index is 13.1. The molecular formula is C21H20FNO6S. The second-order valence-corrected chi connectivity index (χ2v) is 7.98. The maximum Gasteiger partial charge on any atom is 0.339 e. The first kappa shape index (κ1) is 21.4. The molecule has 0 spiro atoms. The molecule has 0 aliphatic carbocycles. The van der Waals surface area contributed by atoms with E-state index in [1.807, 2.05) is 0 Å². The first-order valence-corrected chi connectivity index (χ1v) is 10.3. The molecule has 1 aromatic heterocycles. The monoisotopic (exact) mass is 433 g/mol. The summed E-state index contributed by atoms with van der Waals surface area (Å²) >= 11 is 0. The Morgan fingerprint density at radius 1 is 1.07 bits per heavy atom. The summed E-state index contributed by atoms with van der Waals surface area (Å²) in [5, 5.41) is 0. The van der Waals surface area contributed by atoms with Gasteiger partial charge in [0.2, 0.25) is 5.91 Å². The Kier molecular flexibility index (Phi) is 6.41. The Morgan fingerprint density at radius 2 is 1.80 bits per heavy atom. The average molecular weight is 433 g/mol. The van der Waals surface area contributed by atoms with E-state index in [1.54, 1.807) is 29.2 Å². The zero-order chi connectivity index (χ0) is 21.7. The van der Waals surface area contributed by atoms with Crippen molar-refractivity contribution in [3.63, 3.8) is 0 Å². The Balaban J connectivity index is 1.85. The lowest BCUT2D eigenvalue weighted by molar-refractivity contribution is -0.130. The molecule has 30 heavy (non-hydrogen) atoms. The standard InChI is InChI=1S/C21H20FNO6S/c1-15(24)23(14-18-4-3-11-28-18)13-16-5-10-20(27-2)21(12-16)29-30(25,26)19-8-6-17(22)7-9-19/h3-12H,13-14H2,1-2H3. The molecule has 0 bridgehead atoms. The van der Waals surface area contributed by atoms with Crippen molar-refractivity contribution in [2.75, 3.05) is 7.11 Å². The number of rotatable bonds is 8. The van der Waals surface area contributed by atoms with Crippen molar-refractivity contribution in [1.82, 2.24) is 4.90 Å². The van der Waals surface area contributed by atoms with E-state index in [0.717, 1.165) is 24.3 Å². The number of nitrogens with zero attached hydrogens (tertiary/aromatic N) is 1. The van der Waals surface area contributed by atoms with Crippen molar-refractivity contribution in [2.45, 2.75) is 24.9 Å². The van der Waals surface area contributed by atoms with Crippen molar-refractivity contribution in [1.29, 1.82) is 0 Å². The zero-order valence-electron chi connectivity index (χ0n) is 16.4. The Hall–Kier alpha value is -3.33. The predicted molar refractivity (Wildman–Crippen MR) is 106 cm³/mol. The van der Waals surface area contributed by atoms with E-state index < -0.39 is 15.9 Å². The molecule has 1 heterocycles. The van der Waals surface area contributed by atoms with Crippen LogP contribution in [0, 0.1) is 5.82 Å². The van der Waals surface area contributed by atoms with Crippen LogP contribution in [0.1, 0.15) is 18.2 Å². The zero-order valence-corrected chi connectivity index (χ0v) is 17.2. The molecule has 0 aliphatic rings. The van der Waals surface area contributed by atoms with Gasteiger partial charge in [0.25, 0.3) is 0 Å². The topological polar surface area (TPSA) is 86.0 Å². The molecule has 0 radical (unpaired) electrons. The molecule has 7 nitrogen and oxygen atoms in total. The van der Waals surface area contributed by atoms with Gasteiger partial charge in [-0.25, -0.2) is 4.39 Å². The number of furan rings is 1. The van der Waals surface area contributed by atoms with Gasteiger partial charge in [-0.2, -0.15) is 8.42 Å². The fourth-order valence-electron chi connectivity index (χ4n) is 2.74. The highest BCUT2D eigenvalue weighted by molar-refractivity contribution is 7.87. The molecule has 0 aliphatic heterocycles. The van der Waals surface area contributed by atoms with E-state index in [-0.39, 0.29) is 35.4 Å². The van der Waals surface area contributed by atoms with Gasteiger partial charge in [0.15, 0.2) is 11.5 Å². The van der Waals surface area contributed by atoms with Crippen LogP contribution in [0.5, 0.6) is 11.5 Å². The third-order valence-corrected chi connectivity index (χ3v) is 5.52. The second-order valence-electron chi connectivity index (χ2n) is 6.43. The first-order chi connectivity index (χ1) is 14.3. The molecule has 0 atom stereocenters. The van der Waals surface area contributed by atoms with Crippen LogP contribution in [-0.2, 0) is 28.0 Å². The Morgan fingerprint density at radius 3 is 2.40 bits per heavy atom. The van der Waals surface area contributed by atoms with Crippen molar-refractivity contribution in [2.24, 2.45) is 0 Å². The minimum Gasteiger partial charge on any atom is -0.493 e. The maximum atomic E-state index is 13.1.